The zero-order valence-corrected chi connectivity index (χ0v) is 17.8. The first kappa shape index (κ1) is 22.1. The highest BCUT2D eigenvalue weighted by molar-refractivity contribution is 5.88. The van der Waals surface area contributed by atoms with Crippen molar-refractivity contribution >= 4 is 10.8 Å². The van der Waals surface area contributed by atoms with E-state index in [9.17, 15) is 13.2 Å². The summed E-state index contributed by atoms with van der Waals surface area (Å²) in [5, 5.41) is 1.25. The van der Waals surface area contributed by atoms with E-state index < -0.39 is 17.6 Å². The van der Waals surface area contributed by atoms with Crippen molar-refractivity contribution in [2.24, 2.45) is 0 Å². The second kappa shape index (κ2) is 9.15. The maximum Gasteiger partial charge on any atom is 0.416 e. The predicted octanol–water partition coefficient (Wildman–Crippen LogP) is 8.40. The van der Waals surface area contributed by atoms with Gasteiger partial charge in [-0.25, -0.2) is 4.39 Å². The van der Waals surface area contributed by atoms with Crippen LogP contribution in [-0.2, 0) is 25.4 Å². The Morgan fingerprint density at radius 3 is 1.88 bits per heavy atom. The smallest absolute Gasteiger partial charge is 0.206 e. The zero-order valence-electron chi connectivity index (χ0n) is 17.8. The fraction of sp³-hybridized carbons (Fsp3) is 0.214. The zero-order chi connectivity index (χ0) is 22.7. The van der Waals surface area contributed by atoms with Crippen molar-refractivity contribution in [3.63, 3.8) is 0 Å². The molecule has 4 aromatic carbocycles. The van der Waals surface area contributed by atoms with Crippen LogP contribution in [-0.4, -0.2) is 0 Å². The average Bonchev–Trinajstić information content (AvgIpc) is 2.78. The molecular weight excluding hydrogens is 412 g/mol. The summed E-state index contributed by atoms with van der Waals surface area (Å²) in [5.41, 5.74) is 3.72. The summed E-state index contributed by atoms with van der Waals surface area (Å²) in [5.74, 6) is -0.416. The molecule has 32 heavy (non-hydrogen) atoms. The minimum absolute atomic E-state index is 0.297. The lowest BCUT2D eigenvalue weighted by Crippen LogP contribution is -2.04. The number of hydrogen-bond donors (Lipinski definition) is 0. The van der Waals surface area contributed by atoms with E-state index in [4.69, 9.17) is 0 Å². The molecule has 0 fully saturated rings. The van der Waals surface area contributed by atoms with Crippen molar-refractivity contribution in [2.75, 3.05) is 0 Å². The van der Waals surface area contributed by atoms with Gasteiger partial charge in [0.15, 0.2) is 0 Å². The van der Waals surface area contributed by atoms with E-state index in [1.54, 1.807) is 12.1 Å². The van der Waals surface area contributed by atoms with Gasteiger partial charge < -0.3 is 0 Å². The third-order valence-electron chi connectivity index (χ3n) is 5.81. The normalized spacial score (nSPS) is 11.8. The number of rotatable bonds is 6. The van der Waals surface area contributed by atoms with Gasteiger partial charge in [0.25, 0.3) is 0 Å². The summed E-state index contributed by atoms with van der Waals surface area (Å²) in [6, 6.07) is 22.4. The number of hydrogen-bond acceptors (Lipinski definition) is 0. The van der Waals surface area contributed by atoms with Crippen molar-refractivity contribution in [2.45, 2.75) is 38.8 Å². The molecule has 4 aromatic rings. The van der Waals surface area contributed by atoms with Gasteiger partial charge >= 0.3 is 6.18 Å². The van der Waals surface area contributed by atoms with Crippen LogP contribution in [0.15, 0.2) is 78.9 Å². The molecule has 0 saturated carbocycles. The van der Waals surface area contributed by atoms with Crippen LogP contribution in [0, 0.1) is 5.82 Å². The Morgan fingerprint density at radius 2 is 1.25 bits per heavy atom. The first-order chi connectivity index (χ1) is 15.3. The lowest BCUT2D eigenvalue weighted by molar-refractivity contribution is -0.137. The largest absolute Gasteiger partial charge is 0.416 e. The highest BCUT2D eigenvalue weighted by atomic mass is 19.4. The van der Waals surface area contributed by atoms with Gasteiger partial charge in [-0.15, -0.1) is 0 Å². The van der Waals surface area contributed by atoms with Crippen LogP contribution in [0.5, 0.6) is 0 Å². The monoisotopic (exact) mass is 436 g/mol. The van der Waals surface area contributed by atoms with Gasteiger partial charge in [0.05, 0.1) is 5.56 Å². The van der Waals surface area contributed by atoms with Gasteiger partial charge in [-0.2, -0.15) is 13.2 Å². The van der Waals surface area contributed by atoms with Crippen molar-refractivity contribution in [1.82, 2.24) is 0 Å². The molecule has 0 radical (unpaired) electrons. The Balaban J connectivity index is 1.53. The molecule has 0 aliphatic rings. The van der Waals surface area contributed by atoms with Crippen molar-refractivity contribution in [1.29, 1.82) is 0 Å². The molecule has 0 aromatic heterocycles. The molecule has 0 spiro atoms. The van der Waals surface area contributed by atoms with Crippen LogP contribution in [0.2, 0.25) is 0 Å². The molecular formula is C28H24F4. The Morgan fingerprint density at radius 1 is 0.656 bits per heavy atom. The molecule has 0 aliphatic heterocycles. The van der Waals surface area contributed by atoms with E-state index in [1.165, 1.54) is 23.3 Å². The van der Waals surface area contributed by atoms with Gasteiger partial charge in [-0.1, -0.05) is 80.1 Å². The number of benzene rings is 4. The quantitative estimate of drug-likeness (QED) is 0.266. The number of halogens is 4. The Kier molecular flexibility index (Phi) is 6.31. The Labute approximate surface area is 185 Å². The van der Waals surface area contributed by atoms with Crippen molar-refractivity contribution in [3.8, 4) is 11.1 Å². The van der Waals surface area contributed by atoms with Crippen LogP contribution in [0.4, 0.5) is 17.6 Å². The third kappa shape index (κ3) is 4.85. The van der Waals surface area contributed by atoms with E-state index >= 15 is 4.39 Å². The summed E-state index contributed by atoms with van der Waals surface area (Å²) < 4.78 is 53.5. The molecule has 164 valence electrons. The first-order valence-corrected chi connectivity index (χ1v) is 10.8. The first-order valence-electron chi connectivity index (χ1n) is 10.8. The molecule has 0 heterocycles. The lowest BCUT2D eigenvalue weighted by Gasteiger charge is -2.11. The Bertz CT molecular complexity index is 1200. The molecule has 0 unspecified atom stereocenters. The van der Waals surface area contributed by atoms with Gasteiger partial charge in [0.1, 0.15) is 5.82 Å². The minimum atomic E-state index is -4.41. The molecule has 4 rings (SSSR count). The van der Waals surface area contributed by atoms with E-state index in [2.05, 4.69) is 31.2 Å². The van der Waals surface area contributed by atoms with Gasteiger partial charge in [0, 0.05) is 10.9 Å². The minimum Gasteiger partial charge on any atom is -0.206 e. The maximum atomic E-state index is 15.2. The topological polar surface area (TPSA) is 0 Å². The number of alkyl halides is 3. The van der Waals surface area contributed by atoms with Crippen LogP contribution in [0.3, 0.4) is 0 Å². The standard InChI is InChI=1S/C28H24F4/c1-2-3-19-4-6-20(7-5-19)8-9-21-10-16-26-23(18-21)13-17-25(27(26)29)22-11-14-24(15-12-22)28(30,31)32/h4-7,10-18H,2-3,8-9H2,1H3. The van der Waals surface area contributed by atoms with Crippen LogP contribution in [0.25, 0.3) is 21.9 Å². The van der Waals surface area contributed by atoms with Gasteiger partial charge in [0.2, 0.25) is 0 Å². The summed E-state index contributed by atoms with van der Waals surface area (Å²) in [6.07, 6.45) is -0.428. The summed E-state index contributed by atoms with van der Waals surface area (Å²) in [7, 11) is 0. The third-order valence-corrected chi connectivity index (χ3v) is 5.81. The SMILES string of the molecule is CCCc1ccc(CCc2ccc3c(F)c(-c4ccc(C(F)(F)F)cc4)ccc3c2)cc1. The molecule has 0 aliphatic carbocycles. The molecule has 4 heteroatoms. The molecule has 0 nitrogen and oxygen atoms in total. The second-order valence-corrected chi connectivity index (χ2v) is 8.12. The maximum absolute atomic E-state index is 15.2. The summed E-state index contributed by atoms with van der Waals surface area (Å²) >= 11 is 0. The van der Waals surface area contributed by atoms with Crippen LogP contribution in [0.1, 0.15) is 35.6 Å². The fourth-order valence-electron chi connectivity index (χ4n) is 4.01. The molecule has 0 saturated heterocycles. The van der Waals surface area contributed by atoms with E-state index in [0.717, 1.165) is 48.8 Å². The van der Waals surface area contributed by atoms with E-state index in [1.807, 2.05) is 18.2 Å². The summed E-state index contributed by atoms with van der Waals surface area (Å²) in [4.78, 5) is 0. The van der Waals surface area contributed by atoms with Crippen LogP contribution < -0.4 is 0 Å². The lowest BCUT2D eigenvalue weighted by atomic mass is 9.96. The number of aryl methyl sites for hydroxylation is 3. The second-order valence-electron chi connectivity index (χ2n) is 8.12. The highest BCUT2D eigenvalue weighted by Crippen LogP contribution is 2.33. The highest BCUT2D eigenvalue weighted by Gasteiger charge is 2.30. The van der Waals surface area contributed by atoms with Crippen molar-refractivity contribution in [3.05, 3.63) is 107 Å². The van der Waals surface area contributed by atoms with Gasteiger partial charge in [-0.3, -0.25) is 0 Å². The fourth-order valence-corrected chi connectivity index (χ4v) is 4.01. The average molecular weight is 436 g/mol. The van der Waals surface area contributed by atoms with Gasteiger partial charge in [-0.05, 0) is 59.0 Å². The Hall–Kier alpha value is -3.14. The molecule has 0 atom stereocenters. The van der Waals surface area contributed by atoms with E-state index in [-0.39, 0.29) is 0 Å². The molecule has 0 amide bonds. The van der Waals surface area contributed by atoms with Crippen LogP contribution >= 0.6 is 0 Å². The predicted molar refractivity (Wildman–Crippen MR) is 122 cm³/mol. The molecule has 0 bridgehead atoms. The van der Waals surface area contributed by atoms with E-state index in [0.29, 0.717) is 16.5 Å². The number of fused-ring (bicyclic) bond motifs is 1. The molecule has 0 N–H and O–H groups in total. The summed E-state index contributed by atoms with van der Waals surface area (Å²) in [6.45, 7) is 2.17. The van der Waals surface area contributed by atoms with Crippen molar-refractivity contribution < 1.29 is 17.6 Å².